The highest BCUT2D eigenvalue weighted by molar-refractivity contribution is 6.14. The van der Waals surface area contributed by atoms with Gasteiger partial charge in [0.15, 0.2) is 0 Å². The zero-order valence-electron chi connectivity index (χ0n) is 12.9. The average Bonchev–Trinajstić information content (AvgIpc) is 3.26. The van der Waals surface area contributed by atoms with E-state index in [2.05, 4.69) is 56.8 Å². The van der Waals surface area contributed by atoms with Gasteiger partial charge < -0.3 is 0 Å². The number of fused-ring (bicyclic) bond motifs is 10. The highest BCUT2D eigenvalue weighted by atomic mass is 15.0. The van der Waals surface area contributed by atoms with Gasteiger partial charge in [0, 0.05) is 35.6 Å². The molecule has 3 aromatic heterocycles. The molecule has 0 radical (unpaired) electrons. The Kier molecular flexibility index (Phi) is 2.15. The van der Waals surface area contributed by atoms with Crippen molar-refractivity contribution in [3.05, 3.63) is 78.4 Å². The van der Waals surface area contributed by atoms with E-state index in [1.54, 1.807) is 0 Å². The number of hydrogen-bond donors (Lipinski definition) is 0. The van der Waals surface area contributed by atoms with E-state index in [4.69, 9.17) is 0 Å². The molecule has 0 amide bonds. The second kappa shape index (κ2) is 4.20. The standard InChI is InChI=1S/C21H13N3/c1-2-4-14-13(3-1)11-17-15(14)5-6-16-18-12-22-8-7-19(18)24-10-9-23-21(24)20(16)17/h1-10,12H,11H2. The van der Waals surface area contributed by atoms with Crippen LogP contribution in [0.4, 0.5) is 0 Å². The minimum atomic E-state index is 0.969. The van der Waals surface area contributed by atoms with Crippen molar-refractivity contribution < 1.29 is 0 Å². The van der Waals surface area contributed by atoms with Gasteiger partial charge in [-0.1, -0.05) is 36.4 Å². The van der Waals surface area contributed by atoms with Crippen molar-refractivity contribution in [2.45, 2.75) is 6.42 Å². The molecule has 112 valence electrons. The third-order valence-corrected chi connectivity index (χ3v) is 5.20. The van der Waals surface area contributed by atoms with Gasteiger partial charge in [-0.25, -0.2) is 4.98 Å². The first kappa shape index (κ1) is 12.3. The minimum absolute atomic E-state index is 0.969. The van der Waals surface area contributed by atoms with E-state index in [0.717, 1.165) is 17.6 Å². The molecule has 3 nitrogen and oxygen atoms in total. The average molecular weight is 307 g/mol. The van der Waals surface area contributed by atoms with Gasteiger partial charge in [-0.15, -0.1) is 0 Å². The second-order valence-electron chi connectivity index (χ2n) is 6.36. The van der Waals surface area contributed by atoms with Crippen LogP contribution in [0.1, 0.15) is 11.1 Å². The number of benzene rings is 2. The largest absolute Gasteiger partial charge is 0.299 e. The van der Waals surface area contributed by atoms with Crippen molar-refractivity contribution in [1.29, 1.82) is 0 Å². The van der Waals surface area contributed by atoms with Gasteiger partial charge in [-0.05, 0) is 40.1 Å². The molecule has 3 heterocycles. The zero-order chi connectivity index (χ0) is 15.7. The maximum atomic E-state index is 4.68. The summed E-state index contributed by atoms with van der Waals surface area (Å²) in [6.45, 7) is 0. The number of pyridine rings is 2. The number of aromatic nitrogens is 3. The predicted molar refractivity (Wildman–Crippen MR) is 96.2 cm³/mol. The van der Waals surface area contributed by atoms with Crippen LogP contribution in [0, 0.1) is 0 Å². The highest BCUT2D eigenvalue weighted by Gasteiger charge is 2.22. The second-order valence-corrected chi connectivity index (χ2v) is 6.36. The fourth-order valence-electron chi connectivity index (χ4n) is 4.18. The normalized spacial score (nSPS) is 12.8. The van der Waals surface area contributed by atoms with E-state index in [0.29, 0.717) is 0 Å². The molecule has 0 saturated heterocycles. The molecular weight excluding hydrogens is 294 g/mol. The van der Waals surface area contributed by atoms with Gasteiger partial charge in [0.2, 0.25) is 0 Å². The topological polar surface area (TPSA) is 30.2 Å². The molecule has 0 bridgehead atoms. The summed E-state index contributed by atoms with van der Waals surface area (Å²) in [4.78, 5) is 9.03. The fraction of sp³-hybridized carbons (Fsp3) is 0.0476. The molecule has 3 heteroatoms. The van der Waals surface area contributed by atoms with Gasteiger partial charge >= 0.3 is 0 Å². The van der Waals surface area contributed by atoms with E-state index in [1.165, 1.54) is 38.4 Å². The van der Waals surface area contributed by atoms with Crippen LogP contribution in [0.25, 0.3) is 38.4 Å². The quantitative estimate of drug-likeness (QED) is 0.384. The summed E-state index contributed by atoms with van der Waals surface area (Å²) in [6.07, 6.45) is 8.70. The Morgan fingerprint density at radius 2 is 1.83 bits per heavy atom. The molecule has 0 unspecified atom stereocenters. The molecule has 5 aromatic rings. The summed E-state index contributed by atoms with van der Waals surface area (Å²) < 4.78 is 2.18. The van der Waals surface area contributed by atoms with Gasteiger partial charge in [0.25, 0.3) is 0 Å². The van der Waals surface area contributed by atoms with Crippen molar-refractivity contribution in [2.24, 2.45) is 0 Å². The van der Waals surface area contributed by atoms with Crippen LogP contribution < -0.4 is 0 Å². The highest BCUT2D eigenvalue weighted by Crippen LogP contribution is 2.42. The van der Waals surface area contributed by atoms with Gasteiger partial charge in [0.1, 0.15) is 5.65 Å². The Morgan fingerprint density at radius 1 is 0.875 bits per heavy atom. The minimum Gasteiger partial charge on any atom is -0.299 e. The lowest BCUT2D eigenvalue weighted by Gasteiger charge is -2.11. The van der Waals surface area contributed by atoms with Crippen molar-refractivity contribution in [1.82, 2.24) is 14.4 Å². The van der Waals surface area contributed by atoms with Crippen LogP contribution in [-0.2, 0) is 6.42 Å². The van der Waals surface area contributed by atoms with Crippen LogP contribution >= 0.6 is 0 Å². The number of imidazole rings is 1. The van der Waals surface area contributed by atoms with Crippen molar-refractivity contribution in [3.63, 3.8) is 0 Å². The molecule has 1 aliphatic rings. The predicted octanol–water partition coefficient (Wildman–Crippen LogP) is 4.61. The molecule has 0 spiro atoms. The number of rotatable bonds is 0. The van der Waals surface area contributed by atoms with Crippen molar-refractivity contribution >= 4 is 27.3 Å². The Hall–Kier alpha value is -3.20. The van der Waals surface area contributed by atoms with E-state index in [-0.39, 0.29) is 0 Å². The molecule has 0 saturated carbocycles. The Labute approximate surface area is 138 Å². The molecule has 6 rings (SSSR count). The lowest BCUT2D eigenvalue weighted by Crippen LogP contribution is -1.94. The summed E-state index contributed by atoms with van der Waals surface area (Å²) in [5, 5.41) is 3.68. The molecule has 1 aliphatic carbocycles. The van der Waals surface area contributed by atoms with Crippen LogP contribution in [0.3, 0.4) is 0 Å². The molecule has 0 fully saturated rings. The molecule has 0 aliphatic heterocycles. The summed E-state index contributed by atoms with van der Waals surface area (Å²) in [6, 6.07) is 15.2. The van der Waals surface area contributed by atoms with Crippen LogP contribution in [0.15, 0.2) is 67.3 Å². The molecule has 24 heavy (non-hydrogen) atoms. The fourth-order valence-corrected chi connectivity index (χ4v) is 4.18. The van der Waals surface area contributed by atoms with Crippen molar-refractivity contribution in [3.8, 4) is 11.1 Å². The molecule has 0 atom stereocenters. The van der Waals surface area contributed by atoms with E-state index < -0.39 is 0 Å². The third-order valence-electron chi connectivity index (χ3n) is 5.20. The van der Waals surface area contributed by atoms with Gasteiger partial charge in [-0.3, -0.25) is 9.38 Å². The first-order valence-corrected chi connectivity index (χ1v) is 8.14. The van der Waals surface area contributed by atoms with Crippen LogP contribution in [-0.4, -0.2) is 14.4 Å². The smallest absolute Gasteiger partial charge is 0.145 e. The Morgan fingerprint density at radius 3 is 2.83 bits per heavy atom. The lowest BCUT2D eigenvalue weighted by atomic mass is 9.98. The lowest BCUT2D eigenvalue weighted by molar-refractivity contribution is 1.24. The summed E-state index contributed by atoms with van der Waals surface area (Å²) in [5.74, 6) is 0. The summed E-state index contributed by atoms with van der Waals surface area (Å²) in [7, 11) is 0. The van der Waals surface area contributed by atoms with Crippen LogP contribution in [0.2, 0.25) is 0 Å². The van der Waals surface area contributed by atoms with Crippen molar-refractivity contribution in [2.75, 3.05) is 0 Å². The molecule has 0 N–H and O–H groups in total. The maximum absolute atomic E-state index is 4.68. The molecule has 2 aromatic carbocycles. The third kappa shape index (κ3) is 1.38. The molecular formula is C21H13N3. The van der Waals surface area contributed by atoms with Gasteiger partial charge in [0.05, 0.1) is 5.52 Å². The summed E-state index contributed by atoms with van der Waals surface area (Å²) >= 11 is 0. The SMILES string of the molecule is c1ccc2c(c1)Cc1c-2ccc2c3cnccc3n3ccnc3c12. The monoisotopic (exact) mass is 307 g/mol. The number of nitrogens with zero attached hydrogens (tertiary/aromatic N) is 3. The number of hydrogen-bond acceptors (Lipinski definition) is 2. The zero-order valence-corrected chi connectivity index (χ0v) is 12.9. The van der Waals surface area contributed by atoms with Crippen LogP contribution in [0.5, 0.6) is 0 Å². The van der Waals surface area contributed by atoms with E-state index in [1.807, 2.05) is 24.8 Å². The van der Waals surface area contributed by atoms with Gasteiger partial charge in [-0.2, -0.15) is 0 Å². The summed E-state index contributed by atoms with van der Waals surface area (Å²) in [5.41, 5.74) is 7.66. The first-order valence-electron chi connectivity index (χ1n) is 8.14. The first-order chi connectivity index (χ1) is 11.9. The maximum Gasteiger partial charge on any atom is 0.145 e. The Balaban J connectivity index is 1.88. The van der Waals surface area contributed by atoms with E-state index in [9.17, 15) is 0 Å². The Bertz CT molecular complexity index is 1280. The van der Waals surface area contributed by atoms with E-state index >= 15 is 0 Å².